The first kappa shape index (κ1) is 42.4. The molecular formula is C42H54N6O8S. The van der Waals surface area contributed by atoms with Crippen LogP contribution >= 0.6 is 0 Å². The molecule has 0 saturated carbocycles. The molecule has 0 aliphatic heterocycles. The molecule has 3 N–H and O–H groups in total. The molecule has 5 aromatic rings. The average molecular weight is 803 g/mol. The van der Waals surface area contributed by atoms with Crippen molar-refractivity contribution in [2.75, 3.05) is 75.5 Å². The molecule has 0 atom stereocenters. The van der Waals surface area contributed by atoms with E-state index in [1.165, 1.54) is 7.11 Å². The lowest BCUT2D eigenvalue weighted by Gasteiger charge is -2.24. The number of nitriles is 1. The van der Waals surface area contributed by atoms with Gasteiger partial charge in [0, 0.05) is 40.3 Å². The van der Waals surface area contributed by atoms with Crippen molar-refractivity contribution in [2.45, 2.75) is 33.1 Å². The Labute approximate surface area is 338 Å². The van der Waals surface area contributed by atoms with Crippen LogP contribution in [-0.2, 0) is 29.6 Å². The van der Waals surface area contributed by atoms with Crippen molar-refractivity contribution >= 4 is 49.8 Å². The summed E-state index contributed by atoms with van der Waals surface area (Å²) in [5.74, 6) is 0.636. The molecule has 1 aromatic heterocycles. The van der Waals surface area contributed by atoms with Crippen LogP contribution in [0, 0.1) is 18.3 Å². The summed E-state index contributed by atoms with van der Waals surface area (Å²) < 4.78 is 54.2. The van der Waals surface area contributed by atoms with E-state index in [0.717, 1.165) is 33.9 Å². The molecular weight excluding hydrogens is 749 g/mol. The van der Waals surface area contributed by atoms with Gasteiger partial charge in [-0.25, -0.2) is 18.4 Å². The molecule has 15 heteroatoms. The Hall–Kier alpha value is -5.79. The molecule has 0 aliphatic carbocycles. The van der Waals surface area contributed by atoms with Crippen LogP contribution < -0.4 is 24.8 Å². The highest BCUT2D eigenvalue weighted by atomic mass is 32.2. The van der Waals surface area contributed by atoms with Crippen molar-refractivity contribution in [3.05, 3.63) is 95.2 Å². The summed E-state index contributed by atoms with van der Waals surface area (Å²) in [5.41, 5.74) is 5.72. The number of aromatic nitrogens is 2. The van der Waals surface area contributed by atoms with Crippen LogP contribution in [0.1, 0.15) is 52.1 Å². The molecule has 0 bridgehead atoms. The summed E-state index contributed by atoms with van der Waals surface area (Å²) in [4.78, 5) is 23.0. The molecule has 0 aliphatic rings. The quantitative estimate of drug-likeness (QED) is 0.0728. The Bertz CT molecular complexity index is 2390. The summed E-state index contributed by atoms with van der Waals surface area (Å²) >= 11 is 0. The molecule has 1 heterocycles. The second-order valence-corrected chi connectivity index (χ2v) is 16.0. The molecule has 0 spiro atoms. The number of rotatable bonds is 18. The van der Waals surface area contributed by atoms with Gasteiger partial charge < -0.3 is 34.3 Å². The third kappa shape index (κ3) is 11.9. The second-order valence-electron chi connectivity index (χ2n) is 14.2. The molecule has 57 heavy (non-hydrogen) atoms. The van der Waals surface area contributed by atoms with Crippen molar-refractivity contribution in [3.63, 3.8) is 0 Å². The van der Waals surface area contributed by atoms with Crippen molar-refractivity contribution in [2.24, 2.45) is 0 Å². The fourth-order valence-electron chi connectivity index (χ4n) is 5.81. The van der Waals surface area contributed by atoms with Crippen molar-refractivity contribution in [3.8, 4) is 28.7 Å². The number of fused-ring (bicyclic) bond motifs is 1. The van der Waals surface area contributed by atoms with Gasteiger partial charge in [-0.2, -0.15) is 5.26 Å². The van der Waals surface area contributed by atoms with Crippen LogP contribution in [-0.4, -0.2) is 84.4 Å². The maximum Gasteiger partial charge on any atom is 0.255 e. The van der Waals surface area contributed by atoms with Gasteiger partial charge in [-0.3, -0.25) is 9.52 Å². The summed E-state index contributed by atoms with van der Waals surface area (Å²) in [7, 11) is -0.594. The van der Waals surface area contributed by atoms with Crippen LogP contribution in [0.5, 0.6) is 11.5 Å². The van der Waals surface area contributed by atoms with E-state index in [9.17, 15) is 18.5 Å². The van der Waals surface area contributed by atoms with E-state index >= 15 is 0 Å². The van der Waals surface area contributed by atoms with Gasteiger partial charge in [-0.05, 0) is 83.1 Å². The minimum Gasteiger partial charge on any atom is -0.492 e. The number of amides is 1. The molecule has 0 unspecified atom stereocenters. The zero-order chi connectivity index (χ0) is 41.2. The number of ether oxygens (including phenoxy) is 5. The second kappa shape index (κ2) is 18.9. The van der Waals surface area contributed by atoms with E-state index in [4.69, 9.17) is 28.7 Å². The average Bonchev–Trinajstić information content (AvgIpc) is 3.16. The SMILES string of the molecule is COCCOCCOCCOc1cc(C#N)cc(Nc2ncc3cc(-c4cc(C(=O)Nc5cc(C(C)(C)C)cc(NS(C)(=O)=O)c5OC)ccc4C)ccc3n2)c1.[HH].[HH].[HH]. The van der Waals surface area contributed by atoms with Crippen LogP contribution in [0.3, 0.4) is 0 Å². The molecule has 14 nitrogen and oxygen atoms in total. The first-order valence-electron chi connectivity index (χ1n) is 18.2. The molecule has 306 valence electrons. The zero-order valence-corrected chi connectivity index (χ0v) is 34.0. The Morgan fingerprint density at radius 3 is 2.30 bits per heavy atom. The molecule has 0 radical (unpaired) electrons. The maximum absolute atomic E-state index is 13.8. The lowest BCUT2D eigenvalue weighted by molar-refractivity contribution is 0.0180. The number of nitrogens with one attached hydrogen (secondary N) is 3. The van der Waals surface area contributed by atoms with Crippen LogP contribution in [0.4, 0.5) is 23.0 Å². The van der Waals surface area contributed by atoms with Gasteiger partial charge in [0.05, 0.1) is 74.9 Å². The number of sulfonamides is 1. The highest BCUT2D eigenvalue weighted by molar-refractivity contribution is 7.92. The normalized spacial score (nSPS) is 11.5. The highest BCUT2D eigenvalue weighted by Gasteiger charge is 2.23. The molecule has 4 aromatic carbocycles. The Kier molecular flexibility index (Phi) is 14.0. The predicted octanol–water partition coefficient (Wildman–Crippen LogP) is 7.95. The molecule has 1 amide bonds. The van der Waals surface area contributed by atoms with E-state index in [0.29, 0.717) is 79.4 Å². The van der Waals surface area contributed by atoms with Crippen LogP contribution in [0.15, 0.2) is 72.9 Å². The van der Waals surface area contributed by atoms with Gasteiger partial charge in [0.25, 0.3) is 5.91 Å². The van der Waals surface area contributed by atoms with Gasteiger partial charge in [0.15, 0.2) is 5.75 Å². The van der Waals surface area contributed by atoms with E-state index in [1.54, 1.807) is 49.7 Å². The number of hydrogen-bond acceptors (Lipinski definition) is 12. The third-order valence-electron chi connectivity index (χ3n) is 8.69. The zero-order valence-electron chi connectivity index (χ0n) is 33.2. The van der Waals surface area contributed by atoms with Gasteiger partial charge in [-0.15, -0.1) is 0 Å². The number of carbonyl (C=O) groups excluding carboxylic acids is 1. The lowest BCUT2D eigenvalue weighted by Crippen LogP contribution is -2.18. The smallest absolute Gasteiger partial charge is 0.255 e. The van der Waals surface area contributed by atoms with Gasteiger partial charge >= 0.3 is 0 Å². The van der Waals surface area contributed by atoms with E-state index < -0.39 is 15.9 Å². The minimum atomic E-state index is -3.63. The number of nitrogens with zero attached hydrogens (tertiary/aromatic N) is 3. The van der Waals surface area contributed by atoms with Crippen LogP contribution in [0.25, 0.3) is 22.0 Å². The Morgan fingerprint density at radius 1 is 0.895 bits per heavy atom. The number of benzene rings is 4. The van der Waals surface area contributed by atoms with Gasteiger partial charge in [0.1, 0.15) is 12.4 Å². The van der Waals surface area contributed by atoms with Crippen LogP contribution in [0.2, 0.25) is 0 Å². The number of methoxy groups -OCH3 is 2. The topological polar surface area (TPSA) is 183 Å². The first-order valence-corrected chi connectivity index (χ1v) is 20.1. The summed E-state index contributed by atoms with van der Waals surface area (Å²) in [5, 5.41) is 16.5. The predicted molar refractivity (Wildman–Crippen MR) is 228 cm³/mol. The number of aryl methyl sites for hydroxylation is 1. The minimum absolute atomic E-state index is 0. The first-order chi connectivity index (χ1) is 27.2. The molecule has 0 saturated heterocycles. The van der Waals surface area contributed by atoms with Crippen molar-refractivity contribution in [1.29, 1.82) is 5.26 Å². The van der Waals surface area contributed by atoms with E-state index in [-0.39, 0.29) is 21.1 Å². The van der Waals surface area contributed by atoms with E-state index in [1.807, 2.05) is 58.0 Å². The fourth-order valence-corrected chi connectivity index (χ4v) is 6.36. The summed E-state index contributed by atoms with van der Waals surface area (Å²) in [6, 6.07) is 22.0. The van der Waals surface area contributed by atoms with Gasteiger partial charge in [0.2, 0.25) is 16.0 Å². The Morgan fingerprint density at radius 2 is 1.61 bits per heavy atom. The standard InChI is InChI=1S/C42H48N6O8S.3H2/c1-27-8-9-30(40(49)46-37-22-32(42(2,3)4)23-38(39(37)53-6)48-57(7,50)51)21-35(27)29-10-11-36-31(20-29)26-44-41(47-36)45-33-18-28(25-43)19-34(24-33)56-17-16-55-15-14-54-13-12-52-5;;;/h8-11,18-24,26,48H,12-17H2,1-7H3,(H,46,49)(H,44,45,47);3*1H. The molecule has 0 fully saturated rings. The number of anilines is 4. The summed E-state index contributed by atoms with van der Waals surface area (Å²) in [6.45, 7) is 10.5. The van der Waals surface area contributed by atoms with E-state index in [2.05, 4.69) is 26.4 Å². The van der Waals surface area contributed by atoms with Crippen molar-refractivity contribution in [1.82, 2.24) is 9.97 Å². The summed E-state index contributed by atoms with van der Waals surface area (Å²) in [6.07, 6.45) is 2.77. The highest BCUT2D eigenvalue weighted by Crippen LogP contribution is 2.39. The Balaban J connectivity index is 0.00000413. The number of hydrogen-bond donors (Lipinski definition) is 3. The largest absolute Gasteiger partial charge is 0.492 e. The number of carbonyl (C=O) groups is 1. The maximum atomic E-state index is 13.8. The molecule has 5 rings (SSSR count). The third-order valence-corrected chi connectivity index (χ3v) is 9.28. The monoisotopic (exact) mass is 802 g/mol. The van der Waals surface area contributed by atoms with Crippen molar-refractivity contribution < 1.29 is 41.2 Å². The fraction of sp³-hybridized carbons (Fsp3) is 0.333. The lowest BCUT2D eigenvalue weighted by atomic mass is 9.86. The van der Waals surface area contributed by atoms with Gasteiger partial charge in [-0.1, -0.05) is 32.9 Å².